The first-order valence-corrected chi connectivity index (χ1v) is 34.8. The summed E-state index contributed by atoms with van der Waals surface area (Å²) < 4.78 is 30.7. The molecule has 460 valence electrons. The number of rotatable bonds is 60. The van der Waals surface area contributed by atoms with Crippen LogP contribution in [0.15, 0.2) is 72.9 Å². The molecule has 3 unspecified atom stereocenters. The van der Waals surface area contributed by atoms with Crippen LogP contribution in [-0.2, 0) is 27.9 Å². The summed E-state index contributed by atoms with van der Waals surface area (Å²) in [5, 5.41) is 3.06. The number of quaternary nitrogens is 1. The lowest BCUT2D eigenvalue weighted by molar-refractivity contribution is -0.870. The van der Waals surface area contributed by atoms with Gasteiger partial charge in [0.2, 0.25) is 5.91 Å². The molecule has 0 aromatic carbocycles. The van der Waals surface area contributed by atoms with Crippen molar-refractivity contribution >= 4 is 19.7 Å². The Labute approximate surface area is 489 Å². The van der Waals surface area contributed by atoms with Crippen molar-refractivity contribution in [3.63, 3.8) is 0 Å². The molecule has 0 aliphatic rings. The van der Waals surface area contributed by atoms with Gasteiger partial charge in [-0.1, -0.05) is 287 Å². The molecule has 0 aromatic rings. The zero-order chi connectivity index (χ0) is 57.9. The number of amides is 1. The molecule has 0 aliphatic heterocycles. The number of nitrogens with one attached hydrogen (secondary N) is 1. The first kappa shape index (κ1) is 76.5. The Kier molecular flexibility index (Phi) is 56.7. The molecule has 0 aliphatic carbocycles. The molecule has 9 nitrogen and oxygen atoms in total. The smallest absolute Gasteiger partial charge is 0.456 e. The lowest BCUT2D eigenvalue weighted by atomic mass is 10.0. The largest absolute Gasteiger partial charge is 0.472 e. The SMILES string of the molecule is CC/C=C\C/C=C\C/C=C\C/C=C\C/C=C\CCCCCCCCCC(=O)NC(COP(=O)(O)OCC[N+](C)(C)C)C(/C=C/CCCCCCCCCCC)OC(=O)CCCCCCCCCCCCCCCCCCCCC. The molecule has 0 saturated carbocycles. The number of nitrogens with zero attached hydrogens (tertiary/aromatic N) is 1. The molecule has 0 bridgehead atoms. The van der Waals surface area contributed by atoms with Gasteiger partial charge in [0.15, 0.2) is 0 Å². The molecular weight excluding hydrogens is 1000 g/mol. The van der Waals surface area contributed by atoms with Crippen LogP contribution >= 0.6 is 7.82 Å². The van der Waals surface area contributed by atoms with Crippen LogP contribution in [0.3, 0.4) is 0 Å². The predicted molar refractivity (Wildman–Crippen MR) is 341 cm³/mol. The molecule has 0 rings (SSSR count). The Morgan fingerprint density at radius 2 is 0.810 bits per heavy atom. The molecule has 10 heteroatoms. The van der Waals surface area contributed by atoms with Crippen molar-refractivity contribution in [2.75, 3.05) is 40.9 Å². The van der Waals surface area contributed by atoms with E-state index in [1.807, 2.05) is 33.3 Å². The van der Waals surface area contributed by atoms with E-state index in [1.165, 1.54) is 167 Å². The van der Waals surface area contributed by atoms with Gasteiger partial charge in [-0.2, -0.15) is 0 Å². The van der Waals surface area contributed by atoms with E-state index in [0.717, 1.165) is 103 Å². The quantitative estimate of drug-likeness (QED) is 0.0205. The average molecular weight is 1130 g/mol. The Morgan fingerprint density at radius 1 is 0.456 bits per heavy atom. The molecule has 3 atom stereocenters. The highest BCUT2D eigenvalue weighted by molar-refractivity contribution is 7.47. The van der Waals surface area contributed by atoms with Crippen molar-refractivity contribution in [3.8, 4) is 0 Å². The van der Waals surface area contributed by atoms with Gasteiger partial charge in [-0.25, -0.2) is 4.57 Å². The van der Waals surface area contributed by atoms with Crippen molar-refractivity contribution < 1.29 is 37.3 Å². The third-order valence-electron chi connectivity index (χ3n) is 14.7. The van der Waals surface area contributed by atoms with E-state index in [-0.39, 0.29) is 25.1 Å². The van der Waals surface area contributed by atoms with Gasteiger partial charge in [-0.15, -0.1) is 0 Å². The number of allylic oxidation sites excluding steroid dienone is 11. The number of phosphoric ester groups is 1. The molecule has 0 fully saturated rings. The lowest BCUT2D eigenvalue weighted by Gasteiger charge is -2.27. The zero-order valence-electron chi connectivity index (χ0n) is 52.6. The number of carbonyl (C=O) groups is 2. The third kappa shape index (κ3) is 59.9. The maximum absolute atomic E-state index is 13.6. The average Bonchev–Trinajstić information content (AvgIpc) is 3.41. The summed E-state index contributed by atoms with van der Waals surface area (Å²) in [6.45, 7) is 6.91. The normalized spacial score (nSPS) is 14.1. The van der Waals surface area contributed by atoms with Gasteiger partial charge >= 0.3 is 13.8 Å². The summed E-state index contributed by atoms with van der Waals surface area (Å²) in [6, 6.07) is -0.855. The van der Waals surface area contributed by atoms with Crippen LogP contribution < -0.4 is 5.32 Å². The Morgan fingerprint density at radius 3 is 1.22 bits per heavy atom. The predicted octanol–water partition coefficient (Wildman–Crippen LogP) is 20.8. The summed E-state index contributed by atoms with van der Waals surface area (Å²) in [4.78, 5) is 37.8. The van der Waals surface area contributed by atoms with Crippen LogP contribution in [-0.4, -0.2) is 74.3 Å². The fourth-order valence-corrected chi connectivity index (χ4v) is 10.3. The Hall–Kier alpha value is -2.55. The number of esters is 1. The van der Waals surface area contributed by atoms with Crippen molar-refractivity contribution in [2.45, 2.75) is 315 Å². The van der Waals surface area contributed by atoms with E-state index in [0.29, 0.717) is 23.9 Å². The molecule has 0 saturated heterocycles. The number of unbranched alkanes of at least 4 members (excludes halogenated alkanes) is 34. The van der Waals surface area contributed by atoms with E-state index in [4.69, 9.17) is 13.8 Å². The summed E-state index contributed by atoms with van der Waals surface area (Å²) in [5.74, 6) is -0.509. The van der Waals surface area contributed by atoms with Gasteiger partial charge in [0.05, 0.1) is 33.8 Å². The number of phosphoric acid groups is 1. The van der Waals surface area contributed by atoms with E-state index in [1.54, 1.807) is 0 Å². The van der Waals surface area contributed by atoms with E-state index in [9.17, 15) is 19.0 Å². The minimum absolute atomic E-state index is 0.0368. The van der Waals surface area contributed by atoms with Gasteiger partial charge in [-0.05, 0) is 76.7 Å². The molecule has 79 heavy (non-hydrogen) atoms. The second-order valence-corrected chi connectivity index (χ2v) is 25.1. The minimum atomic E-state index is -4.45. The highest BCUT2D eigenvalue weighted by Crippen LogP contribution is 2.43. The first-order chi connectivity index (χ1) is 38.4. The Balaban J connectivity index is 5.13. The second kappa shape index (κ2) is 58.6. The van der Waals surface area contributed by atoms with Gasteiger partial charge in [0, 0.05) is 12.8 Å². The summed E-state index contributed by atoms with van der Waals surface area (Å²) in [6.07, 6.45) is 76.2. The molecule has 0 aromatic heterocycles. The number of hydrogen-bond acceptors (Lipinski definition) is 6. The maximum atomic E-state index is 13.6. The fraction of sp³-hybridized carbons (Fsp3) is 0.797. The minimum Gasteiger partial charge on any atom is -0.456 e. The van der Waals surface area contributed by atoms with Crippen molar-refractivity contribution in [2.24, 2.45) is 0 Å². The third-order valence-corrected chi connectivity index (χ3v) is 15.6. The van der Waals surface area contributed by atoms with Crippen LogP contribution in [0.4, 0.5) is 0 Å². The van der Waals surface area contributed by atoms with Crippen LogP contribution in [0.1, 0.15) is 303 Å². The van der Waals surface area contributed by atoms with Crippen LogP contribution in [0, 0.1) is 0 Å². The van der Waals surface area contributed by atoms with E-state index in [2.05, 4.69) is 86.8 Å². The maximum Gasteiger partial charge on any atom is 0.472 e. The van der Waals surface area contributed by atoms with E-state index < -0.39 is 20.0 Å². The summed E-state index contributed by atoms with van der Waals surface area (Å²) in [5.41, 5.74) is 0. The molecular formula is C69H128N2O7P+. The van der Waals surface area contributed by atoms with Crippen molar-refractivity contribution in [1.82, 2.24) is 5.32 Å². The van der Waals surface area contributed by atoms with E-state index >= 15 is 0 Å². The van der Waals surface area contributed by atoms with Crippen molar-refractivity contribution in [3.05, 3.63) is 72.9 Å². The fourth-order valence-electron chi connectivity index (χ4n) is 9.56. The zero-order valence-corrected chi connectivity index (χ0v) is 53.5. The Bertz CT molecular complexity index is 1580. The first-order valence-electron chi connectivity index (χ1n) is 33.3. The number of ether oxygens (including phenoxy) is 1. The topological polar surface area (TPSA) is 111 Å². The summed E-state index contributed by atoms with van der Waals surface area (Å²) >= 11 is 0. The van der Waals surface area contributed by atoms with Crippen molar-refractivity contribution in [1.29, 1.82) is 0 Å². The molecule has 0 heterocycles. The number of likely N-dealkylation sites (N-methyl/N-ethyl adjacent to an activating group) is 1. The van der Waals surface area contributed by atoms with Crippen LogP contribution in [0.25, 0.3) is 0 Å². The van der Waals surface area contributed by atoms with Gasteiger partial charge in [0.1, 0.15) is 19.3 Å². The van der Waals surface area contributed by atoms with Gasteiger partial charge in [-0.3, -0.25) is 18.6 Å². The number of hydrogen-bond donors (Lipinski definition) is 2. The molecule has 0 spiro atoms. The van der Waals surface area contributed by atoms with Gasteiger partial charge in [0.25, 0.3) is 0 Å². The highest BCUT2D eigenvalue weighted by atomic mass is 31.2. The monoisotopic (exact) mass is 1130 g/mol. The second-order valence-electron chi connectivity index (χ2n) is 23.6. The lowest BCUT2D eigenvalue weighted by Crippen LogP contribution is -2.47. The van der Waals surface area contributed by atoms with Crippen LogP contribution in [0.2, 0.25) is 0 Å². The van der Waals surface area contributed by atoms with Crippen LogP contribution in [0.5, 0.6) is 0 Å². The summed E-state index contributed by atoms with van der Waals surface area (Å²) in [7, 11) is 1.49. The highest BCUT2D eigenvalue weighted by Gasteiger charge is 2.30. The standard InChI is InChI=1S/C69H127N2O7P/c1-7-10-13-16-19-22-25-27-29-31-33-34-35-36-38-39-41-43-46-49-52-55-58-61-68(72)70-66(65-77-79(74,75)76-64-63-71(4,5)6)67(60-57-54-51-48-45-24-21-18-15-12-9-3)78-69(73)62-59-56-53-50-47-44-42-40-37-32-30-28-26-23-20-17-14-11-8-2/h10,13,19,22,27,29,33-34,36,38,57,60,66-67H,7-9,11-12,14-18,20-21,23-26,28,30-32,35,37,39-56,58-59,61-65H2,1-6H3,(H-,70,72,74,75)/p+1/b13-10-,22-19-,29-27-,34-33-,38-36-,60-57+. The number of carbonyl (C=O) groups excluding carboxylic acids is 2. The molecule has 2 N–H and O–H groups in total. The molecule has 1 amide bonds. The van der Waals surface area contributed by atoms with Gasteiger partial charge < -0.3 is 19.4 Å². The molecule has 0 radical (unpaired) electrons.